The smallest absolute Gasteiger partial charge is 0.355 e. The lowest BCUT2D eigenvalue weighted by Crippen LogP contribution is -2.56. The molecular weight excluding hydrogens is 413 g/mol. The molecule has 0 aliphatic carbocycles. The van der Waals surface area contributed by atoms with Gasteiger partial charge in [-0.3, -0.25) is 0 Å². The summed E-state index contributed by atoms with van der Waals surface area (Å²) in [6, 6.07) is 0. The van der Waals surface area contributed by atoms with E-state index in [2.05, 4.69) is 15.9 Å². The third kappa shape index (κ3) is 3.03. The fourth-order valence-corrected chi connectivity index (χ4v) is 3.51. The Kier molecular flexibility index (Phi) is 5.78. The van der Waals surface area contributed by atoms with Crippen LogP contribution >= 0.6 is 39.1 Å². The fourth-order valence-electron chi connectivity index (χ4n) is 2.36. The van der Waals surface area contributed by atoms with Crippen LogP contribution < -0.4 is 0 Å². The number of halogens is 3. The number of carbonyl (C=O) groups is 2. The van der Waals surface area contributed by atoms with Crippen molar-refractivity contribution in [1.29, 1.82) is 0 Å². The van der Waals surface area contributed by atoms with Gasteiger partial charge in [0.2, 0.25) is 0 Å². The fraction of sp³-hybridized carbons (Fsp3) is 0.429. The molecule has 2 rings (SSSR count). The van der Waals surface area contributed by atoms with Gasteiger partial charge in [-0.2, -0.15) is 0 Å². The minimum Gasteiger partial charge on any atom is -0.466 e. The molecule has 6 nitrogen and oxygen atoms in total. The molecular formula is C14H14BrCl2NO5. The predicted octanol–water partition coefficient (Wildman–Crippen LogP) is 2.27. The van der Waals surface area contributed by atoms with Gasteiger partial charge in [0.05, 0.1) is 26.0 Å². The molecule has 0 bridgehead atoms. The van der Waals surface area contributed by atoms with Gasteiger partial charge >= 0.3 is 11.9 Å². The predicted molar refractivity (Wildman–Crippen MR) is 88.1 cm³/mol. The number of nitrogens with zero attached hydrogens (tertiary/aromatic N) is 1. The Morgan fingerprint density at radius 1 is 1.30 bits per heavy atom. The molecule has 9 heteroatoms. The van der Waals surface area contributed by atoms with E-state index in [1.807, 2.05) is 0 Å². The second kappa shape index (κ2) is 7.25. The highest BCUT2D eigenvalue weighted by Crippen LogP contribution is 2.42. The number of methoxy groups -OCH3 is 2. The summed E-state index contributed by atoms with van der Waals surface area (Å²) in [5.74, 6) is -1.76. The maximum atomic E-state index is 12.3. The van der Waals surface area contributed by atoms with Gasteiger partial charge in [-0.05, 0) is 12.2 Å². The summed E-state index contributed by atoms with van der Waals surface area (Å²) in [5.41, 5.74) is -1.47. The van der Waals surface area contributed by atoms with Crippen LogP contribution in [0.15, 0.2) is 34.1 Å². The van der Waals surface area contributed by atoms with E-state index in [1.165, 1.54) is 19.1 Å². The molecule has 0 aromatic carbocycles. The van der Waals surface area contributed by atoms with E-state index in [4.69, 9.17) is 37.4 Å². The van der Waals surface area contributed by atoms with Crippen LogP contribution in [-0.2, 0) is 23.8 Å². The summed E-state index contributed by atoms with van der Waals surface area (Å²) < 4.78 is 16.2. The molecule has 1 unspecified atom stereocenters. The van der Waals surface area contributed by atoms with Crippen molar-refractivity contribution in [3.05, 3.63) is 34.1 Å². The van der Waals surface area contributed by atoms with Crippen molar-refractivity contribution in [3.8, 4) is 0 Å². The lowest BCUT2D eigenvalue weighted by atomic mass is 9.92. The van der Waals surface area contributed by atoms with Crippen LogP contribution in [0.5, 0.6) is 0 Å². The number of allylic oxidation sites excluding steroid dienone is 2. The van der Waals surface area contributed by atoms with Crippen LogP contribution in [0.3, 0.4) is 0 Å². The molecule has 0 N–H and O–H groups in total. The molecule has 2 heterocycles. The number of rotatable bonds is 4. The maximum Gasteiger partial charge on any atom is 0.355 e. The molecule has 0 fully saturated rings. The van der Waals surface area contributed by atoms with Crippen molar-refractivity contribution < 1.29 is 23.8 Å². The first-order chi connectivity index (χ1) is 11.0. The lowest BCUT2D eigenvalue weighted by molar-refractivity contribution is -0.153. The summed E-state index contributed by atoms with van der Waals surface area (Å²) in [6.07, 6.45) is 4.35. The second-order valence-corrected chi connectivity index (χ2v) is 6.19. The average molecular weight is 427 g/mol. The van der Waals surface area contributed by atoms with Crippen LogP contribution in [0.4, 0.5) is 0 Å². The van der Waals surface area contributed by atoms with E-state index < -0.39 is 23.8 Å². The molecule has 2 aliphatic rings. The van der Waals surface area contributed by atoms with Gasteiger partial charge in [0.25, 0.3) is 0 Å². The summed E-state index contributed by atoms with van der Waals surface area (Å²) in [4.78, 5) is 26.1. The molecule has 0 aromatic heterocycles. The Morgan fingerprint density at radius 2 is 1.91 bits per heavy atom. The standard InChI is InChI=1S/C14H14BrCl2NO5/c1-21-12(19)9-10(13(20)22-2)18-5-3-4-8(15)11(18)23-14(9,6-16)7-17/h3-5,11H,6-7H2,1-2H3. The van der Waals surface area contributed by atoms with Gasteiger partial charge in [0.1, 0.15) is 16.9 Å². The Hall–Kier alpha value is -1.02. The van der Waals surface area contributed by atoms with Crippen LogP contribution in [0, 0.1) is 0 Å². The monoisotopic (exact) mass is 425 g/mol. The zero-order valence-electron chi connectivity index (χ0n) is 12.3. The van der Waals surface area contributed by atoms with Crippen LogP contribution in [-0.4, -0.2) is 54.6 Å². The summed E-state index contributed by atoms with van der Waals surface area (Å²) in [6.45, 7) is 0. The summed E-state index contributed by atoms with van der Waals surface area (Å²) in [5, 5.41) is 0. The molecule has 0 saturated heterocycles. The van der Waals surface area contributed by atoms with Crippen molar-refractivity contribution in [2.75, 3.05) is 26.0 Å². The van der Waals surface area contributed by atoms with Gasteiger partial charge in [-0.25, -0.2) is 9.59 Å². The molecule has 0 amide bonds. The highest BCUT2D eigenvalue weighted by molar-refractivity contribution is 9.11. The molecule has 0 radical (unpaired) electrons. The Morgan fingerprint density at radius 3 is 2.43 bits per heavy atom. The number of esters is 2. The third-order valence-corrected chi connectivity index (χ3v) is 5.00. The van der Waals surface area contributed by atoms with Crippen LogP contribution in [0.1, 0.15) is 0 Å². The van der Waals surface area contributed by atoms with Crippen LogP contribution in [0.2, 0.25) is 0 Å². The number of fused-ring (bicyclic) bond motifs is 1. The minimum atomic E-state index is -1.39. The molecule has 2 aliphatic heterocycles. The van der Waals surface area contributed by atoms with Crippen molar-refractivity contribution in [2.45, 2.75) is 11.8 Å². The van der Waals surface area contributed by atoms with E-state index in [0.717, 1.165) is 0 Å². The largest absolute Gasteiger partial charge is 0.466 e. The Bertz CT molecular complexity index is 612. The Balaban J connectivity index is 2.75. The first-order valence-electron chi connectivity index (χ1n) is 6.49. The minimum absolute atomic E-state index is 0.0156. The quantitative estimate of drug-likeness (QED) is 0.507. The SMILES string of the molecule is COC(=O)C1=C(C(=O)OC)C(CCl)(CCl)OC2C(Br)=CC=CN12. The summed E-state index contributed by atoms with van der Waals surface area (Å²) in [7, 11) is 2.42. The van der Waals surface area contributed by atoms with E-state index in [0.29, 0.717) is 4.48 Å². The van der Waals surface area contributed by atoms with E-state index in [9.17, 15) is 9.59 Å². The van der Waals surface area contributed by atoms with Crippen molar-refractivity contribution in [2.24, 2.45) is 0 Å². The van der Waals surface area contributed by atoms with Gasteiger partial charge in [0, 0.05) is 10.7 Å². The van der Waals surface area contributed by atoms with E-state index in [1.54, 1.807) is 18.4 Å². The highest BCUT2D eigenvalue weighted by Gasteiger charge is 2.52. The second-order valence-electron chi connectivity index (χ2n) is 4.74. The maximum absolute atomic E-state index is 12.3. The first-order valence-corrected chi connectivity index (χ1v) is 8.35. The van der Waals surface area contributed by atoms with Crippen LogP contribution in [0.25, 0.3) is 0 Å². The van der Waals surface area contributed by atoms with Gasteiger partial charge in [-0.1, -0.05) is 15.9 Å². The average Bonchev–Trinajstić information content (AvgIpc) is 2.59. The summed E-state index contributed by atoms with van der Waals surface area (Å²) >= 11 is 15.5. The van der Waals surface area contributed by atoms with E-state index >= 15 is 0 Å². The van der Waals surface area contributed by atoms with Crippen molar-refractivity contribution in [1.82, 2.24) is 4.90 Å². The topological polar surface area (TPSA) is 65.1 Å². The molecule has 0 aromatic rings. The Labute approximate surface area is 151 Å². The number of ether oxygens (including phenoxy) is 3. The molecule has 23 heavy (non-hydrogen) atoms. The number of alkyl halides is 2. The number of hydrogen-bond donors (Lipinski definition) is 0. The zero-order valence-corrected chi connectivity index (χ0v) is 15.4. The van der Waals surface area contributed by atoms with Crippen molar-refractivity contribution in [3.63, 3.8) is 0 Å². The van der Waals surface area contributed by atoms with E-state index in [-0.39, 0.29) is 23.0 Å². The molecule has 0 spiro atoms. The highest BCUT2D eigenvalue weighted by atomic mass is 79.9. The van der Waals surface area contributed by atoms with Crippen molar-refractivity contribution >= 4 is 51.1 Å². The molecule has 126 valence electrons. The lowest BCUT2D eigenvalue weighted by Gasteiger charge is -2.46. The first kappa shape index (κ1) is 18.3. The normalized spacial score (nSPS) is 22.4. The van der Waals surface area contributed by atoms with Gasteiger partial charge < -0.3 is 19.1 Å². The number of hydrogen-bond acceptors (Lipinski definition) is 6. The zero-order chi connectivity index (χ0) is 17.2. The third-order valence-electron chi connectivity index (χ3n) is 3.48. The van der Waals surface area contributed by atoms with Gasteiger partial charge in [0.15, 0.2) is 6.23 Å². The van der Waals surface area contributed by atoms with Gasteiger partial charge in [-0.15, -0.1) is 23.2 Å². The number of carbonyl (C=O) groups excluding carboxylic acids is 2. The molecule has 0 saturated carbocycles. The molecule has 1 atom stereocenters.